The van der Waals surface area contributed by atoms with Crippen molar-refractivity contribution in [3.05, 3.63) is 34.9 Å². The minimum absolute atomic E-state index is 0.626. The maximum Gasteiger partial charge on any atom is 0.0184 e. The van der Waals surface area contributed by atoms with Gasteiger partial charge in [0.15, 0.2) is 0 Å². The highest BCUT2D eigenvalue weighted by Gasteiger charge is 2.00. The molecule has 0 aromatic heterocycles. The molecule has 1 rings (SSSR count). The van der Waals surface area contributed by atoms with Crippen LogP contribution in [-0.2, 0) is 5.75 Å². The summed E-state index contributed by atoms with van der Waals surface area (Å²) >= 11 is 1.98. The summed E-state index contributed by atoms with van der Waals surface area (Å²) in [7, 11) is 0. The molecule has 0 radical (unpaired) electrons. The lowest BCUT2D eigenvalue weighted by Gasteiger charge is -2.08. The van der Waals surface area contributed by atoms with E-state index in [0.29, 0.717) is 5.92 Å². The third-order valence-corrected chi connectivity index (χ3v) is 3.70. The van der Waals surface area contributed by atoms with E-state index in [2.05, 4.69) is 39.0 Å². The first-order valence-electron chi connectivity index (χ1n) is 5.47. The molecule has 0 spiro atoms. The zero-order valence-corrected chi connectivity index (χ0v) is 10.7. The Hall–Kier alpha value is -0.470. The van der Waals surface area contributed by atoms with Gasteiger partial charge in [-0.25, -0.2) is 0 Å². The van der Waals surface area contributed by atoms with Crippen LogP contribution in [0, 0.1) is 19.8 Å². The van der Waals surface area contributed by atoms with E-state index in [4.69, 9.17) is 5.73 Å². The second kappa shape index (κ2) is 6.19. The molecule has 0 aliphatic rings. The van der Waals surface area contributed by atoms with Gasteiger partial charge in [-0.05, 0) is 37.6 Å². The summed E-state index contributed by atoms with van der Waals surface area (Å²) in [6.07, 6.45) is 0. The van der Waals surface area contributed by atoms with Crippen LogP contribution in [0.1, 0.15) is 23.6 Å². The summed E-state index contributed by atoms with van der Waals surface area (Å²) < 4.78 is 0. The van der Waals surface area contributed by atoms with Gasteiger partial charge in [-0.2, -0.15) is 11.8 Å². The minimum Gasteiger partial charge on any atom is -0.330 e. The number of hydrogen-bond acceptors (Lipinski definition) is 2. The second-order valence-electron chi connectivity index (χ2n) is 4.35. The van der Waals surface area contributed by atoms with E-state index < -0.39 is 0 Å². The summed E-state index contributed by atoms with van der Waals surface area (Å²) in [6.45, 7) is 7.31. The Labute approximate surface area is 97.4 Å². The molecule has 0 aliphatic carbocycles. The molecule has 2 N–H and O–H groups in total. The van der Waals surface area contributed by atoms with Crippen LogP contribution in [0.5, 0.6) is 0 Å². The van der Waals surface area contributed by atoms with Crippen molar-refractivity contribution in [2.75, 3.05) is 12.3 Å². The predicted octanol–water partition coefficient (Wildman–Crippen LogP) is 3.13. The quantitative estimate of drug-likeness (QED) is 0.830. The maximum atomic E-state index is 5.59. The largest absolute Gasteiger partial charge is 0.330 e. The molecular weight excluding hydrogens is 202 g/mol. The molecular formula is C13H21NS. The van der Waals surface area contributed by atoms with Gasteiger partial charge in [-0.3, -0.25) is 0 Å². The fraction of sp³-hybridized carbons (Fsp3) is 0.538. The number of hydrogen-bond donors (Lipinski definition) is 1. The Balaban J connectivity index is 2.43. The number of benzene rings is 1. The Kier molecular flexibility index (Phi) is 5.20. The molecule has 0 amide bonds. The monoisotopic (exact) mass is 223 g/mol. The molecule has 0 saturated heterocycles. The Morgan fingerprint density at radius 1 is 1.20 bits per heavy atom. The second-order valence-corrected chi connectivity index (χ2v) is 5.38. The number of nitrogens with two attached hydrogens (primary N) is 1. The van der Waals surface area contributed by atoms with E-state index in [1.54, 1.807) is 0 Å². The SMILES string of the molecule is Cc1cc(C)cc(CSCC(C)CN)c1. The summed E-state index contributed by atoms with van der Waals surface area (Å²) in [5.74, 6) is 2.89. The summed E-state index contributed by atoms with van der Waals surface area (Å²) in [5, 5.41) is 0. The van der Waals surface area contributed by atoms with Crippen molar-refractivity contribution in [3.8, 4) is 0 Å². The van der Waals surface area contributed by atoms with Crippen LogP contribution < -0.4 is 5.73 Å². The van der Waals surface area contributed by atoms with Gasteiger partial charge in [0.1, 0.15) is 0 Å². The van der Waals surface area contributed by atoms with E-state index in [0.717, 1.165) is 18.1 Å². The fourth-order valence-corrected chi connectivity index (χ4v) is 2.66. The van der Waals surface area contributed by atoms with E-state index in [1.807, 2.05) is 11.8 Å². The average Bonchev–Trinajstić information content (AvgIpc) is 2.16. The Bertz CT molecular complexity index is 289. The normalized spacial score (nSPS) is 12.8. The minimum atomic E-state index is 0.626. The van der Waals surface area contributed by atoms with Gasteiger partial charge in [0.2, 0.25) is 0 Å². The lowest BCUT2D eigenvalue weighted by Crippen LogP contribution is -2.12. The van der Waals surface area contributed by atoms with E-state index in [9.17, 15) is 0 Å². The molecule has 1 aromatic carbocycles. The van der Waals surface area contributed by atoms with Crippen molar-refractivity contribution in [2.45, 2.75) is 26.5 Å². The van der Waals surface area contributed by atoms with Gasteiger partial charge in [-0.1, -0.05) is 36.2 Å². The topological polar surface area (TPSA) is 26.0 Å². The lowest BCUT2D eigenvalue weighted by atomic mass is 10.1. The molecule has 84 valence electrons. The fourth-order valence-electron chi connectivity index (χ4n) is 1.60. The van der Waals surface area contributed by atoms with Gasteiger partial charge < -0.3 is 5.73 Å². The van der Waals surface area contributed by atoms with Crippen LogP contribution in [0.4, 0.5) is 0 Å². The molecule has 0 aliphatic heterocycles. The van der Waals surface area contributed by atoms with Gasteiger partial charge in [0.05, 0.1) is 0 Å². The van der Waals surface area contributed by atoms with Crippen molar-refractivity contribution < 1.29 is 0 Å². The zero-order valence-electron chi connectivity index (χ0n) is 9.92. The number of rotatable bonds is 5. The van der Waals surface area contributed by atoms with Gasteiger partial charge in [-0.15, -0.1) is 0 Å². The highest BCUT2D eigenvalue weighted by atomic mass is 32.2. The third kappa shape index (κ3) is 4.72. The summed E-state index contributed by atoms with van der Waals surface area (Å²) in [5.41, 5.74) is 9.74. The smallest absolute Gasteiger partial charge is 0.0184 e. The molecule has 1 unspecified atom stereocenters. The molecule has 0 fully saturated rings. The van der Waals surface area contributed by atoms with Crippen molar-refractivity contribution in [3.63, 3.8) is 0 Å². The van der Waals surface area contributed by atoms with Crippen molar-refractivity contribution in [1.82, 2.24) is 0 Å². The van der Waals surface area contributed by atoms with Gasteiger partial charge >= 0.3 is 0 Å². The molecule has 0 bridgehead atoms. The Morgan fingerprint density at radius 3 is 2.33 bits per heavy atom. The standard InChI is InChI=1S/C13H21NS/c1-10-4-11(2)6-13(5-10)9-15-8-12(3)7-14/h4-6,12H,7-9,14H2,1-3H3. The Morgan fingerprint density at radius 2 is 1.80 bits per heavy atom. The molecule has 1 aromatic rings. The van der Waals surface area contributed by atoms with Crippen LogP contribution in [0.3, 0.4) is 0 Å². The summed E-state index contributed by atoms with van der Waals surface area (Å²) in [4.78, 5) is 0. The first kappa shape index (κ1) is 12.6. The van der Waals surface area contributed by atoms with Crippen molar-refractivity contribution in [2.24, 2.45) is 11.7 Å². The van der Waals surface area contributed by atoms with E-state index >= 15 is 0 Å². The van der Waals surface area contributed by atoms with E-state index in [-0.39, 0.29) is 0 Å². The molecule has 0 saturated carbocycles. The first-order chi connectivity index (χ1) is 7.11. The molecule has 1 nitrogen and oxygen atoms in total. The van der Waals surface area contributed by atoms with Crippen LogP contribution in [0.2, 0.25) is 0 Å². The number of thioether (sulfide) groups is 1. The maximum absolute atomic E-state index is 5.59. The highest BCUT2D eigenvalue weighted by molar-refractivity contribution is 7.98. The number of aryl methyl sites for hydroxylation is 2. The third-order valence-electron chi connectivity index (χ3n) is 2.35. The van der Waals surface area contributed by atoms with Gasteiger partial charge in [0, 0.05) is 5.75 Å². The van der Waals surface area contributed by atoms with Crippen molar-refractivity contribution >= 4 is 11.8 Å². The first-order valence-corrected chi connectivity index (χ1v) is 6.62. The predicted molar refractivity (Wildman–Crippen MR) is 70.3 cm³/mol. The average molecular weight is 223 g/mol. The summed E-state index contributed by atoms with van der Waals surface area (Å²) in [6, 6.07) is 6.76. The van der Waals surface area contributed by atoms with Crippen LogP contribution in [-0.4, -0.2) is 12.3 Å². The van der Waals surface area contributed by atoms with Crippen LogP contribution >= 0.6 is 11.8 Å². The van der Waals surface area contributed by atoms with Crippen LogP contribution in [0.15, 0.2) is 18.2 Å². The van der Waals surface area contributed by atoms with Crippen molar-refractivity contribution in [1.29, 1.82) is 0 Å². The van der Waals surface area contributed by atoms with E-state index in [1.165, 1.54) is 16.7 Å². The highest BCUT2D eigenvalue weighted by Crippen LogP contribution is 2.17. The lowest BCUT2D eigenvalue weighted by molar-refractivity contribution is 0.675. The molecule has 1 atom stereocenters. The molecule has 0 heterocycles. The van der Waals surface area contributed by atoms with Gasteiger partial charge in [0.25, 0.3) is 0 Å². The molecule has 2 heteroatoms. The zero-order chi connectivity index (χ0) is 11.3. The molecule has 15 heavy (non-hydrogen) atoms. The van der Waals surface area contributed by atoms with Crippen LogP contribution in [0.25, 0.3) is 0 Å².